The summed E-state index contributed by atoms with van der Waals surface area (Å²) in [5.74, 6) is 0.401. The van der Waals surface area contributed by atoms with Crippen LogP contribution in [0.4, 0.5) is 5.82 Å². The number of nitrogens with zero attached hydrogens (tertiary/aromatic N) is 3. The first-order chi connectivity index (χ1) is 10.1. The Kier molecular flexibility index (Phi) is 3.49. The molecule has 3 aromatic rings. The zero-order valence-corrected chi connectivity index (χ0v) is 13.2. The Morgan fingerprint density at radius 2 is 2.00 bits per heavy atom. The van der Waals surface area contributed by atoms with Gasteiger partial charge in [-0.15, -0.1) is 0 Å². The monoisotopic (exact) mass is 344 g/mol. The number of aryl methyl sites for hydroxylation is 1. The van der Waals surface area contributed by atoms with Crippen molar-refractivity contribution in [1.29, 1.82) is 5.41 Å². The molecule has 0 aliphatic rings. The third kappa shape index (κ3) is 2.55. The summed E-state index contributed by atoms with van der Waals surface area (Å²) < 4.78 is 2.34. The predicted octanol–water partition coefficient (Wildman–Crippen LogP) is 1.86. The summed E-state index contributed by atoms with van der Waals surface area (Å²) in [6.07, 6.45) is 3.35. The Morgan fingerprint density at radius 3 is 2.67 bits per heavy atom. The zero-order chi connectivity index (χ0) is 15.0. The van der Waals surface area contributed by atoms with Gasteiger partial charge in [-0.2, -0.15) is 0 Å². The van der Waals surface area contributed by atoms with Crippen LogP contribution in [-0.2, 0) is 6.54 Å². The number of aromatic nitrogens is 3. The van der Waals surface area contributed by atoms with E-state index in [1.165, 1.54) is 17.5 Å². The Morgan fingerprint density at radius 1 is 1.29 bits per heavy atom. The fourth-order valence-corrected chi connectivity index (χ4v) is 2.65. The van der Waals surface area contributed by atoms with Gasteiger partial charge in [0.1, 0.15) is 0 Å². The number of hydrogen-bond donors (Lipinski definition) is 2. The molecule has 1 aromatic carbocycles. The Balaban J connectivity index is 2.12. The van der Waals surface area contributed by atoms with Crippen molar-refractivity contribution in [3.63, 3.8) is 0 Å². The van der Waals surface area contributed by atoms with Crippen molar-refractivity contribution in [1.82, 2.24) is 14.5 Å². The van der Waals surface area contributed by atoms with Crippen LogP contribution in [-0.4, -0.2) is 35.2 Å². The molecule has 6 heteroatoms. The van der Waals surface area contributed by atoms with Gasteiger partial charge in [0, 0.05) is 0 Å². The number of anilines is 1. The van der Waals surface area contributed by atoms with E-state index < -0.39 is 0 Å². The zero-order valence-electron chi connectivity index (χ0n) is 11.5. The van der Waals surface area contributed by atoms with Gasteiger partial charge in [0.15, 0.2) is 0 Å². The minimum absolute atomic E-state index is 0.337. The van der Waals surface area contributed by atoms with Crippen molar-refractivity contribution in [2.75, 3.05) is 5.73 Å². The molecule has 0 saturated heterocycles. The summed E-state index contributed by atoms with van der Waals surface area (Å²) in [5.41, 5.74) is 9.83. The van der Waals surface area contributed by atoms with Crippen LogP contribution >= 0.6 is 0 Å². The summed E-state index contributed by atoms with van der Waals surface area (Å²) >= 11 is 2.72. The second-order valence-electron chi connectivity index (χ2n) is 4.94. The SMILES string of the molecule is Cc1ccc(Cn2cc(C(=N)[Se])c3c(N)ncnc32)cc1. The van der Waals surface area contributed by atoms with Crippen LogP contribution in [0.2, 0.25) is 0 Å². The van der Waals surface area contributed by atoms with E-state index >= 15 is 0 Å². The molecule has 0 aliphatic heterocycles. The standard InChI is InChI=1S/C15H14N5Se/c1-9-2-4-10(5-3-9)6-20-7-11(14(17)21)12-13(16)18-8-19-15(12)20/h2-5,7-8,17H,6H2,1H3,(H2,16,18,19). The van der Waals surface area contributed by atoms with E-state index in [1.807, 2.05) is 10.8 Å². The molecule has 1 radical (unpaired) electrons. The molecule has 0 amide bonds. The minimum atomic E-state index is 0.337. The number of hydrogen-bond acceptors (Lipinski definition) is 4. The van der Waals surface area contributed by atoms with Gasteiger partial charge in [0.25, 0.3) is 0 Å². The third-order valence-electron chi connectivity index (χ3n) is 3.40. The van der Waals surface area contributed by atoms with Gasteiger partial charge < -0.3 is 0 Å². The van der Waals surface area contributed by atoms with Crippen molar-refractivity contribution >= 4 is 37.5 Å². The third-order valence-corrected chi connectivity index (χ3v) is 3.86. The van der Waals surface area contributed by atoms with Gasteiger partial charge in [-0.25, -0.2) is 0 Å². The second-order valence-corrected chi connectivity index (χ2v) is 5.80. The Bertz CT molecular complexity index is 820. The molecule has 0 aliphatic carbocycles. The second kappa shape index (κ2) is 5.31. The summed E-state index contributed by atoms with van der Waals surface area (Å²) in [5, 5.41) is 8.59. The van der Waals surface area contributed by atoms with E-state index in [0.29, 0.717) is 17.0 Å². The van der Waals surface area contributed by atoms with Crippen molar-refractivity contribution in [3.8, 4) is 0 Å². The van der Waals surface area contributed by atoms with Gasteiger partial charge in [-0.1, -0.05) is 0 Å². The van der Waals surface area contributed by atoms with Crippen LogP contribution in [0, 0.1) is 12.3 Å². The Labute approximate surface area is 130 Å². The van der Waals surface area contributed by atoms with E-state index in [9.17, 15) is 0 Å². The van der Waals surface area contributed by atoms with Gasteiger partial charge in [0.05, 0.1) is 0 Å². The quantitative estimate of drug-likeness (QED) is 0.563. The van der Waals surface area contributed by atoms with Crippen molar-refractivity contribution in [2.45, 2.75) is 13.5 Å². The van der Waals surface area contributed by atoms with Crippen LogP contribution in [0.1, 0.15) is 16.7 Å². The van der Waals surface area contributed by atoms with Gasteiger partial charge in [-0.05, 0) is 0 Å². The summed E-state index contributed by atoms with van der Waals surface area (Å²) in [7, 11) is 0. The van der Waals surface area contributed by atoms with Crippen molar-refractivity contribution in [2.24, 2.45) is 0 Å². The fraction of sp³-hybridized carbons (Fsp3) is 0.133. The number of rotatable bonds is 3. The van der Waals surface area contributed by atoms with Crippen LogP contribution in [0.15, 0.2) is 36.8 Å². The average Bonchev–Trinajstić information content (AvgIpc) is 2.82. The van der Waals surface area contributed by atoms with E-state index in [4.69, 9.17) is 11.1 Å². The first kappa shape index (κ1) is 13.8. The Hall–Kier alpha value is -2.17. The molecule has 3 rings (SSSR count). The number of fused-ring (bicyclic) bond motifs is 1. The molecule has 0 bridgehead atoms. The molecule has 5 nitrogen and oxygen atoms in total. The molecule has 21 heavy (non-hydrogen) atoms. The molecule has 105 valence electrons. The average molecular weight is 343 g/mol. The molecule has 3 N–H and O–H groups in total. The summed E-state index contributed by atoms with van der Waals surface area (Å²) in [6, 6.07) is 8.35. The topological polar surface area (TPSA) is 80.6 Å². The normalized spacial score (nSPS) is 10.9. The molecular weight excluding hydrogens is 329 g/mol. The van der Waals surface area contributed by atoms with E-state index in [-0.39, 0.29) is 0 Å². The molecule has 0 fully saturated rings. The summed E-state index contributed by atoms with van der Waals surface area (Å²) in [4.78, 5) is 8.35. The van der Waals surface area contributed by atoms with Crippen LogP contribution in [0.3, 0.4) is 0 Å². The van der Waals surface area contributed by atoms with E-state index in [0.717, 1.165) is 16.6 Å². The molecule has 0 unspecified atom stereocenters. The maximum absolute atomic E-state index is 7.86. The van der Waals surface area contributed by atoms with Crippen LogP contribution < -0.4 is 5.73 Å². The van der Waals surface area contributed by atoms with Crippen LogP contribution in [0.5, 0.6) is 0 Å². The first-order valence-corrected chi connectivity index (χ1v) is 7.32. The number of nitrogens with two attached hydrogens (primary N) is 1. The van der Waals surface area contributed by atoms with Gasteiger partial charge in [0.2, 0.25) is 0 Å². The number of nitrogens with one attached hydrogen (secondary N) is 1. The fourth-order valence-electron chi connectivity index (χ4n) is 2.33. The summed E-state index contributed by atoms with van der Waals surface area (Å²) in [6.45, 7) is 2.75. The first-order valence-electron chi connectivity index (χ1n) is 6.47. The molecule has 2 heterocycles. The maximum atomic E-state index is 7.86. The van der Waals surface area contributed by atoms with Crippen LogP contribution in [0.25, 0.3) is 11.0 Å². The molecule has 0 spiro atoms. The molecule has 0 atom stereocenters. The van der Waals surface area contributed by atoms with Gasteiger partial charge in [-0.3, -0.25) is 0 Å². The van der Waals surface area contributed by atoms with E-state index in [1.54, 1.807) is 0 Å². The molecule has 0 saturated carbocycles. The van der Waals surface area contributed by atoms with Crippen molar-refractivity contribution < 1.29 is 0 Å². The molecular formula is C15H14N5Se. The van der Waals surface area contributed by atoms with E-state index in [2.05, 4.69) is 57.2 Å². The number of benzene rings is 1. The van der Waals surface area contributed by atoms with Gasteiger partial charge >= 0.3 is 130 Å². The predicted molar refractivity (Wildman–Crippen MR) is 84.8 cm³/mol. The molecule has 2 aromatic heterocycles. The van der Waals surface area contributed by atoms with Crippen molar-refractivity contribution in [3.05, 3.63) is 53.5 Å². The number of nitrogen functional groups attached to an aromatic ring is 1.